The first-order chi connectivity index (χ1) is 7.19. The fourth-order valence-corrected chi connectivity index (χ4v) is 2.09. The molecule has 4 nitrogen and oxygen atoms in total. The van der Waals surface area contributed by atoms with Crippen LogP contribution >= 0.6 is 0 Å². The normalized spacial score (nSPS) is 27.7. The van der Waals surface area contributed by atoms with Gasteiger partial charge < -0.3 is 15.2 Å². The first-order valence-electron chi connectivity index (χ1n) is 5.68. The molecule has 0 spiro atoms. The molecule has 1 saturated carbocycles. The van der Waals surface area contributed by atoms with Gasteiger partial charge in [0, 0.05) is 6.54 Å². The summed E-state index contributed by atoms with van der Waals surface area (Å²) in [5.41, 5.74) is 0. The van der Waals surface area contributed by atoms with Gasteiger partial charge in [0.2, 0.25) is 0 Å². The molecule has 15 heavy (non-hydrogen) atoms. The van der Waals surface area contributed by atoms with Crippen molar-refractivity contribution in [3.8, 4) is 0 Å². The van der Waals surface area contributed by atoms with E-state index in [9.17, 15) is 9.90 Å². The number of rotatable bonds is 5. The first kappa shape index (κ1) is 12.5. The van der Waals surface area contributed by atoms with Gasteiger partial charge in [0.25, 0.3) is 0 Å². The van der Waals surface area contributed by atoms with Crippen LogP contribution in [-0.2, 0) is 9.53 Å². The van der Waals surface area contributed by atoms with Crippen LogP contribution in [0.3, 0.4) is 0 Å². The Morgan fingerprint density at radius 2 is 2.33 bits per heavy atom. The SMILES string of the molecule is CCC(NCC1CCCC1O)C(=O)OC. The van der Waals surface area contributed by atoms with Crippen molar-refractivity contribution in [2.45, 2.75) is 44.8 Å². The fourth-order valence-electron chi connectivity index (χ4n) is 2.09. The Labute approximate surface area is 91.0 Å². The van der Waals surface area contributed by atoms with Crippen molar-refractivity contribution < 1.29 is 14.6 Å². The van der Waals surface area contributed by atoms with Crippen LogP contribution in [0.2, 0.25) is 0 Å². The summed E-state index contributed by atoms with van der Waals surface area (Å²) in [6, 6.07) is -0.234. The molecule has 0 saturated heterocycles. The largest absolute Gasteiger partial charge is 0.468 e. The molecule has 0 radical (unpaired) electrons. The number of aliphatic hydroxyl groups excluding tert-OH is 1. The third kappa shape index (κ3) is 3.47. The predicted octanol–water partition coefficient (Wildman–Crippen LogP) is 0.689. The fraction of sp³-hybridized carbons (Fsp3) is 0.909. The Morgan fingerprint density at radius 1 is 1.60 bits per heavy atom. The van der Waals surface area contributed by atoms with Crippen LogP contribution < -0.4 is 5.32 Å². The number of hydrogen-bond acceptors (Lipinski definition) is 4. The number of methoxy groups -OCH3 is 1. The van der Waals surface area contributed by atoms with Gasteiger partial charge in [-0.3, -0.25) is 4.79 Å². The summed E-state index contributed by atoms with van der Waals surface area (Å²) in [5.74, 6) is 0.0775. The Kier molecular flexibility index (Phi) is 5.05. The minimum absolute atomic E-state index is 0.201. The van der Waals surface area contributed by atoms with Gasteiger partial charge in [-0.05, 0) is 25.2 Å². The molecule has 2 N–H and O–H groups in total. The van der Waals surface area contributed by atoms with Gasteiger partial charge in [-0.15, -0.1) is 0 Å². The maximum atomic E-state index is 11.3. The molecular formula is C11H21NO3. The molecule has 3 unspecified atom stereocenters. The molecule has 1 aliphatic carbocycles. The van der Waals surface area contributed by atoms with E-state index in [2.05, 4.69) is 10.1 Å². The molecule has 0 aliphatic heterocycles. The maximum absolute atomic E-state index is 11.3. The summed E-state index contributed by atoms with van der Waals surface area (Å²) in [4.78, 5) is 11.3. The van der Waals surface area contributed by atoms with Gasteiger partial charge in [0.15, 0.2) is 0 Å². The highest BCUT2D eigenvalue weighted by atomic mass is 16.5. The summed E-state index contributed by atoms with van der Waals surface area (Å²) < 4.78 is 4.68. The highest BCUT2D eigenvalue weighted by Crippen LogP contribution is 2.24. The molecule has 0 aromatic carbocycles. The molecule has 1 rings (SSSR count). The van der Waals surface area contributed by atoms with E-state index >= 15 is 0 Å². The Hall–Kier alpha value is -0.610. The lowest BCUT2D eigenvalue weighted by Gasteiger charge is -2.19. The zero-order valence-electron chi connectivity index (χ0n) is 9.53. The zero-order chi connectivity index (χ0) is 11.3. The summed E-state index contributed by atoms with van der Waals surface area (Å²) in [6.45, 7) is 2.65. The van der Waals surface area contributed by atoms with E-state index in [0.29, 0.717) is 12.5 Å². The molecule has 4 heteroatoms. The minimum Gasteiger partial charge on any atom is -0.468 e. The predicted molar refractivity (Wildman–Crippen MR) is 57.4 cm³/mol. The maximum Gasteiger partial charge on any atom is 0.322 e. The molecular weight excluding hydrogens is 194 g/mol. The molecule has 0 amide bonds. The van der Waals surface area contributed by atoms with E-state index in [1.165, 1.54) is 7.11 Å². The van der Waals surface area contributed by atoms with E-state index in [-0.39, 0.29) is 18.1 Å². The van der Waals surface area contributed by atoms with E-state index in [4.69, 9.17) is 0 Å². The van der Waals surface area contributed by atoms with Crippen molar-refractivity contribution in [2.75, 3.05) is 13.7 Å². The van der Waals surface area contributed by atoms with Gasteiger partial charge in [-0.25, -0.2) is 0 Å². The van der Waals surface area contributed by atoms with Crippen LogP contribution in [-0.4, -0.2) is 36.9 Å². The van der Waals surface area contributed by atoms with Crippen LogP contribution in [0, 0.1) is 5.92 Å². The van der Waals surface area contributed by atoms with Crippen molar-refractivity contribution in [1.29, 1.82) is 0 Å². The molecule has 1 aliphatic rings. The smallest absolute Gasteiger partial charge is 0.322 e. The Balaban J connectivity index is 2.30. The van der Waals surface area contributed by atoms with Crippen molar-refractivity contribution in [2.24, 2.45) is 5.92 Å². The van der Waals surface area contributed by atoms with Gasteiger partial charge in [-0.2, -0.15) is 0 Å². The molecule has 0 aromatic rings. The molecule has 0 heterocycles. The number of ether oxygens (including phenoxy) is 1. The number of hydrogen-bond donors (Lipinski definition) is 2. The van der Waals surface area contributed by atoms with Crippen LogP contribution in [0.15, 0.2) is 0 Å². The van der Waals surface area contributed by atoms with Gasteiger partial charge >= 0.3 is 5.97 Å². The van der Waals surface area contributed by atoms with E-state index < -0.39 is 0 Å². The number of carbonyl (C=O) groups is 1. The van der Waals surface area contributed by atoms with Crippen molar-refractivity contribution in [3.05, 3.63) is 0 Å². The van der Waals surface area contributed by atoms with Crippen molar-refractivity contribution >= 4 is 5.97 Å². The average Bonchev–Trinajstić information content (AvgIpc) is 2.65. The van der Waals surface area contributed by atoms with Gasteiger partial charge in [0.05, 0.1) is 13.2 Å². The highest BCUT2D eigenvalue weighted by Gasteiger charge is 2.26. The second-order valence-corrected chi connectivity index (χ2v) is 4.15. The van der Waals surface area contributed by atoms with Crippen molar-refractivity contribution in [3.63, 3.8) is 0 Å². The second kappa shape index (κ2) is 6.08. The quantitative estimate of drug-likeness (QED) is 0.662. The highest BCUT2D eigenvalue weighted by molar-refractivity contribution is 5.75. The van der Waals surface area contributed by atoms with E-state index in [1.807, 2.05) is 6.92 Å². The van der Waals surface area contributed by atoms with Gasteiger partial charge in [0.1, 0.15) is 6.04 Å². The molecule has 0 bridgehead atoms. The number of carbonyl (C=O) groups excluding carboxylic acids is 1. The molecule has 3 atom stereocenters. The number of esters is 1. The van der Waals surface area contributed by atoms with Gasteiger partial charge in [-0.1, -0.05) is 13.3 Å². The standard InChI is InChI=1S/C11H21NO3/c1-3-9(11(14)15-2)12-7-8-5-4-6-10(8)13/h8-10,12-13H,3-7H2,1-2H3. The minimum atomic E-state index is -0.234. The number of nitrogens with one attached hydrogen (secondary N) is 1. The van der Waals surface area contributed by atoms with Crippen LogP contribution in [0.5, 0.6) is 0 Å². The van der Waals surface area contributed by atoms with E-state index in [1.54, 1.807) is 0 Å². The lowest BCUT2D eigenvalue weighted by Crippen LogP contribution is -2.41. The van der Waals surface area contributed by atoms with E-state index in [0.717, 1.165) is 25.7 Å². The molecule has 1 fully saturated rings. The van der Waals surface area contributed by atoms with Crippen molar-refractivity contribution in [1.82, 2.24) is 5.32 Å². The zero-order valence-corrected chi connectivity index (χ0v) is 9.53. The third-order valence-electron chi connectivity index (χ3n) is 3.14. The lowest BCUT2D eigenvalue weighted by molar-refractivity contribution is -0.143. The summed E-state index contributed by atoms with van der Waals surface area (Å²) >= 11 is 0. The summed E-state index contributed by atoms with van der Waals surface area (Å²) in [7, 11) is 1.40. The number of aliphatic hydroxyl groups is 1. The van der Waals surface area contributed by atoms with Crippen LogP contribution in [0.25, 0.3) is 0 Å². The topological polar surface area (TPSA) is 58.6 Å². The second-order valence-electron chi connectivity index (χ2n) is 4.15. The molecule has 0 aromatic heterocycles. The van der Waals surface area contributed by atoms with Crippen LogP contribution in [0.1, 0.15) is 32.6 Å². The lowest BCUT2D eigenvalue weighted by atomic mass is 10.1. The van der Waals surface area contributed by atoms with Crippen LogP contribution in [0.4, 0.5) is 0 Å². The Morgan fingerprint density at radius 3 is 2.80 bits per heavy atom. The third-order valence-corrected chi connectivity index (χ3v) is 3.14. The monoisotopic (exact) mass is 215 g/mol. The first-order valence-corrected chi connectivity index (χ1v) is 5.68. The average molecular weight is 215 g/mol. The summed E-state index contributed by atoms with van der Waals surface area (Å²) in [6.07, 6.45) is 3.54. The molecule has 88 valence electrons. The Bertz CT molecular complexity index is 208. The summed E-state index contributed by atoms with van der Waals surface area (Å²) in [5, 5.41) is 12.8.